The highest BCUT2D eigenvalue weighted by atomic mass is 16.6. The fraction of sp³-hybridized carbons (Fsp3) is 0.0741. The third-order valence-electron chi connectivity index (χ3n) is 5.29. The van der Waals surface area contributed by atoms with Crippen molar-refractivity contribution in [2.75, 3.05) is 0 Å². The highest BCUT2D eigenvalue weighted by Gasteiger charge is 2.23. The van der Waals surface area contributed by atoms with E-state index < -0.39 is 5.97 Å². The van der Waals surface area contributed by atoms with Crippen molar-refractivity contribution in [3.8, 4) is 11.4 Å². The summed E-state index contributed by atoms with van der Waals surface area (Å²) >= 11 is 0. The molecule has 0 spiro atoms. The zero-order chi connectivity index (χ0) is 24.2. The van der Waals surface area contributed by atoms with Crippen LogP contribution in [0.25, 0.3) is 11.8 Å². The van der Waals surface area contributed by atoms with Crippen LogP contribution >= 0.6 is 0 Å². The molecule has 0 unspecified atom stereocenters. The van der Waals surface area contributed by atoms with Crippen molar-refractivity contribution in [3.63, 3.8) is 0 Å². The van der Waals surface area contributed by atoms with Crippen molar-refractivity contribution < 1.29 is 19.1 Å². The van der Waals surface area contributed by atoms with E-state index in [0.29, 0.717) is 22.9 Å². The summed E-state index contributed by atoms with van der Waals surface area (Å²) in [5.41, 5.74) is 3.88. The van der Waals surface area contributed by atoms with Gasteiger partial charge in [-0.2, -0.15) is 0 Å². The Morgan fingerprint density at radius 3 is 2.46 bits per heavy atom. The van der Waals surface area contributed by atoms with Crippen LogP contribution < -0.4 is 4.74 Å². The third-order valence-corrected chi connectivity index (χ3v) is 5.29. The van der Waals surface area contributed by atoms with E-state index in [-0.39, 0.29) is 18.1 Å². The summed E-state index contributed by atoms with van der Waals surface area (Å²) in [4.78, 5) is 27.9. The Hall–Kier alpha value is -4.85. The van der Waals surface area contributed by atoms with E-state index in [1.54, 1.807) is 41.2 Å². The topological polar surface area (TPSA) is 95.7 Å². The maximum atomic E-state index is 12.2. The summed E-state index contributed by atoms with van der Waals surface area (Å²) in [5.74, 6) is 0.474. The molecule has 0 radical (unpaired) electrons. The maximum Gasteiger partial charge on any atom is 0.363 e. The zero-order valence-corrected chi connectivity index (χ0v) is 18.8. The van der Waals surface area contributed by atoms with Gasteiger partial charge in [0, 0.05) is 11.1 Å². The quantitative estimate of drug-likeness (QED) is 0.229. The van der Waals surface area contributed by atoms with Gasteiger partial charge in [-0.1, -0.05) is 35.5 Å². The molecule has 5 rings (SSSR count). The monoisotopic (exact) mass is 464 g/mol. The number of aliphatic imine (C=N–C) groups is 1. The van der Waals surface area contributed by atoms with Gasteiger partial charge in [0.25, 0.3) is 0 Å². The van der Waals surface area contributed by atoms with E-state index in [0.717, 1.165) is 16.8 Å². The number of cyclic esters (lactones) is 1. The molecule has 0 amide bonds. The van der Waals surface area contributed by atoms with Crippen LogP contribution in [0.1, 0.15) is 34.1 Å². The highest BCUT2D eigenvalue weighted by Crippen LogP contribution is 2.21. The van der Waals surface area contributed by atoms with Crippen LogP contribution in [0.4, 0.5) is 0 Å². The van der Waals surface area contributed by atoms with Crippen LogP contribution in [0, 0.1) is 0 Å². The average molecular weight is 464 g/mol. The molecule has 0 fully saturated rings. The first-order chi connectivity index (χ1) is 17.0. The second kappa shape index (κ2) is 9.56. The van der Waals surface area contributed by atoms with Crippen molar-refractivity contribution in [1.82, 2.24) is 15.0 Å². The Morgan fingerprint density at radius 1 is 1.00 bits per heavy atom. The van der Waals surface area contributed by atoms with Crippen molar-refractivity contribution in [2.24, 2.45) is 4.99 Å². The van der Waals surface area contributed by atoms with Crippen LogP contribution in [0.5, 0.6) is 5.75 Å². The lowest BCUT2D eigenvalue weighted by Crippen LogP contribution is -2.04. The minimum atomic E-state index is -0.483. The largest absolute Gasteiger partial charge is 0.487 e. The average Bonchev–Trinajstić information content (AvgIpc) is 3.51. The molecule has 0 aliphatic carbocycles. The minimum Gasteiger partial charge on any atom is -0.487 e. The Bertz CT molecular complexity index is 1440. The normalized spacial score (nSPS) is 14.0. The van der Waals surface area contributed by atoms with Crippen LogP contribution in [0.2, 0.25) is 0 Å². The minimum absolute atomic E-state index is 0.0132. The molecule has 3 aromatic carbocycles. The molecule has 0 saturated carbocycles. The summed E-state index contributed by atoms with van der Waals surface area (Å²) < 4.78 is 12.7. The standard InChI is InChI=1S/C27H20N4O4/c1-18(32)20-9-11-23(12-10-20)31-16-22(29-30-31)17-34-24-13-7-19(8-14-24)15-25-27(33)35-26(28-25)21-5-3-2-4-6-21/h2-16H,17H2,1H3. The second-order valence-corrected chi connectivity index (χ2v) is 7.82. The number of ether oxygens (including phenoxy) is 2. The first-order valence-corrected chi connectivity index (χ1v) is 10.9. The van der Waals surface area contributed by atoms with Gasteiger partial charge < -0.3 is 9.47 Å². The summed E-state index contributed by atoms with van der Waals surface area (Å²) in [6.07, 6.45) is 3.45. The molecule has 2 heterocycles. The molecule has 8 nitrogen and oxygen atoms in total. The molecule has 0 atom stereocenters. The van der Waals surface area contributed by atoms with Crippen molar-refractivity contribution in [2.45, 2.75) is 13.5 Å². The Labute approximate surface area is 201 Å². The molecular formula is C27H20N4O4. The van der Waals surface area contributed by atoms with Gasteiger partial charge >= 0.3 is 5.97 Å². The van der Waals surface area contributed by atoms with Gasteiger partial charge in [0.05, 0.1) is 11.9 Å². The molecule has 1 aliphatic heterocycles. The zero-order valence-electron chi connectivity index (χ0n) is 18.8. The molecule has 0 N–H and O–H groups in total. The lowest BCUT2D eigenvalue weighted by molar-refractivity contribution is -0.129. The van der Waals surface area contributed by atoms with Crippen LogP contribution in [0.3, 0.4) is 0 Å². The molecule has 8 heteroatoms. The van der Waals surface area contributed by atoms with Gasteiger partial charge in [-0.25, -0.2) is 14.5 Å². The first kappa shape index (κ1) is 22.0. The van der Waals surface area contributed by atoms with E-state index in [1.807, 2.05) is 54.6 Å². The number of ketones is 1. The van der Waals surface area contributed by atoms with Gasteiger partial charge in [0.1, 0.15) is 18.1 Å². The number of Topliss-reactive ketones (excluding diaryl/α,β-unsaturated/α-hetero) is 1. The highest BCUT2D eigenvalue weighted by molar-refractivity contribution is 6.12. The lowest BCUT2D eigenvalue weighted by Gasteiger charge is -2.04. The number of esters is 1. The predicted molar refractivity (Wildman–Crippen MR) is 129 cm³/mol. The number of hydrogen-bond acceptors (Lipinski definition) is 7. The molecule has 0 bridgehead atoms. The number of carbonyl (C=O) groups is 2. The molecule has 1 aromatic heterocycles. The summed E-state index contributed by atoms with van der Waals surface area (Å²) in [7, 11) is 0. The number of hydrogen-bond donors (Lipinski definition) is 0. The maximum absolute atomic E-state index is 12.2. The van der Waals surface area contributed by atoms with Crippen molar-refractivity contribution in [1.29, 1.82) is 0 Å². The van der Waals surface area contributed by atoms with Gasteiger partial charge in [0.2, 0.25) is 5.90 Å². The second-order valence-electron chi connectivity index (χ2n) is 7.82. The lowest BCUT2D eigenvalue weighted by atomic mass is 10.1. The van der Waals surface area contributed by atoms with Gasteiger partial charge in [-0.3, -0.25) is 4.79 Å². The van der Waals surface area contributed by atoms with Crippen LogP contribution in [-0.2, 0) is 16.1 Å². The number of carbonyl (C=O) groups excluding carboxylic acids is 2. The molecule has 172 valence electrons. The van der Waals surface area contributed by atoms with E-state index in [1.165, 1.54) is 6.92 Å². The fourth-order valence-electron chi connectivity index (χ4n) is 3.43. The third kappa shape index (κ3) is 5.06. The van der Waals surface area contributed by atoms with E-state index in [9.17, 15) is 9.59 Å². The van der Waals surface area contributed by atoms with E-state index >= 15 is 0 Å². The van der Waals surface area contributed by atoms with Crippen molar-refractivity contribution >= 4 is 23.7 Å². The summed E-state index contributed by atoms with van der Waals surface area (Å²) in [6, 6.07) is 23.7. The Kier molecular flexibility index (Phi) is 6.00. The van der Waals surface area contributed by atoms with Crippen LogP contribution in [0.15, 0.2) is 95.7 Å². The molecular weight excluding hydrogens is 444 g/mol. The van der Waals surface area contributed by atoms with E-state index in [2.05, 4.69) is 15.3 Å². The number of aromatic nitrogens is 3. The molecule has 1 aliphatic rings. The summed E-state index contributed by atoms with van der Waals surface area (Å²) in [6.45, 7) is 1.77. The fourth-order valence-corrected chi connectivity index (χ4v) is 3.43. The SMILES string of the molecule is CC(=O)c1ccc(-n2cc(COc3ccc(C=C4N=C(c5ccccc5)OC4=O)cc3)nn2)cc1. The number of rotatable bonds is 7. The van der Waals surface area contributed by atoms with E-state index in [4.69, 9.17) is 9.47 Å². The van der Waals surface area contributed by atoms with Gasteiger partial charge in [-0.15, -0.1) is 5.10 Å². The Morgan fingerprint density at radius 2 is 1.74 bits per heavy atom. The smallest absolute Gasteiger partial charge is 0.363 e. The number of nitrogens with zero attached hydrogens (tertiary/aromatic N) is 4. The molecule has 0 saturated heterocycles. The van der Waals surface area contributed by atoms with Crippen molar-refractivity contribution in [3.05, 3.63) is 113 Å². The number of benzene rings is 3. The Balaban J connectivity index is 1.21. The van der Waals surface area contributed by atoms with Gasteiger partial charge in [0.15, 0.2) is 11.5 Å². The summed E-state index contributed by atoms with van der Waals surface area (Å²) in [5, 5.41) is 8.25. The molecule has 4 aromatic rings. The van der Waals surface area contributed by atoms with Gasteiger partial charge in [-0.05, 0) is 67.1 Å². The molecule has 35 heavy (non-hydrogen) atoms. The van der Waals surface area contributed by atoms with Crippen LogP contribution in [-0.4, -0.2) is 32.6 Å². The predicted octanol–water partition coefficient (Wildman–Crippen LogP) is 4.39. The first-order valence-electron chi connectivity index (χ1n) is 10.9.